The van der Waals surface area contributed by atoms with E-state index in [1.165, 1.54) is 27.3 Å². The minimum atomic E-state index is -0.282. The summed E-state index contributed by atoms with van der Waals surface area (Å²) in [6, 6.07) is 7.71. The highest BCUT2D eigenvalue weighted by Gasteiger charge is 2.14. The van der Waals surface area contributed by atoms with Crippen LogP contribution in [0.4, 0.5) is 5.69 Å². The maximum atomic E-state index is 12.4. The van der Waals surface area contributed by atoms with Gasteiger partial charge in [0.1, 0.15) is 18.3 Å². The molecule has 25 heavy (non-hydrogen) atoms. The van der Waals surface area contributed by atoms with E-state index in [0.29, 0.717) is 16.7 Å². The van der Waals surface area contributed by atoms with Crippen LogP contribution in [0.5, 0.6) is 0 Å². The fraction of sp³-hybridized carbons (Fsp3) is 0.333. The number of rotatable bonds is 3. The zero-order valence-corrected chi connectivity index (χ0v) is 14.8. The van der Waals surface area contributed by atoms with E-state index in [-0.39, 0.29) is 23.4 Å². The lowest BCUT2D eigenvalue weighted by atomic mass is 9.87. The molecule has 7 heteroatoms. The summed E-state index contributed by atoms with van der Waals surface area (Å²) < 4.78 is 2.81. The minimum absolute atomic E-state index is 0.0562. The first kappa shape index (κ1) is 16.9. The molecule has 3 aromatic rings. The number of nitrogens with one attached hydrogen (secondary N) is 1. The van der Waals surface area contributed by atoms with E-state index in [9.17, 15) is 9.59 Å². The molecule has 2 heterocycles. The Hall–Kier alpha value is -2.96. The van der Waals surface area contributed by atoms with Gasteiger partial charge in [-0.2, -0.15) is 5.10 Å². The van der Waals surface area contributed by atoms with Gasteiger partial charge in [0.25, 0.3) is 5.56 Å². The summed E-state index contributed by atoms with van der Waals surface area (Å²) in [5.74, 6) is -0.282. The SMILES string of the molecule is Cn1ncc2c(=O)n(CC(=O)Nc3ccc(C(C)(C)C)cc3)cnc21. The second-order valence-electron chi connectivity index (χ2n) is 7.06. The second kappa shape index (κ2) is 6.16. The van der Waals surface area contributed by atoms with Crippen molar-refractivity contribution in [3.63, 3.8) is 0 Å². The number of benzene rings is 1. The van der Waals surface area contributed by atoms with Crippen LogP contribution in [-0.4, -0.2) is 25.2 Å². The number of nitrogens with zero attached hydrogens (tertiary/aromatic N) is 4. The quantitative estimate of drug-likeness (QED) is 0.792. The van der Waals surface area contributed by atoms with Gasteiger partial charge in [0.05, 0.1) is 6.20 Å². The molecule has 3 rings (SSSR count). The molecule has 1 N–H and O–H groups in total. The highest BCUT2D eigenvalue weighted by atomic mass is 16.2. The van der Waals surface area contributed by atoms with Gasteiger partial charge in [0, 0.05) is 12.7 Å². The third-order valence-corrected chi connectivity index (χ3v) is 4.07. The number of anilines is 1. The predicted molar refractivity (Wildman–Crippen MR) is 96.5 cm³/mol. The van der Waals surface area contributed by atoms with Crippen LogP contribution in [0.2, 0.25) is 0 Å². The Bertz CT molecular complexity index is 977. The topological polar surface area (TPSA) is 81.8 Å². The molecule has 0 radical (unpaired) electrons. The summed E-state index contributed by atoms with van der Waals surface area (Å²) in [7, 11) is 1.72. The van der Waals surface area contributed by atoms with Crippen molar-refractivity contribution in [3.05, 3.63) is 52.7 Å². The number of hydrogen-bond acceptors (Lipinski definition) is 4. The van der Waals surface area contributed by atoms with E-state index in [4.69, 9.17) is 0 Å². The van der Waals surface area contributed by atoms with E-state index in [1.807, 2.05) is 24.3 Å². The average Bonchev–Trinajstić information content (AvgIpc) is 2.92. The molecular weight excluding hydrogens is 318 g/mol. The van der Waals surface area contributed by atoms with Crippen molar-refractivity contribution in [3.8, 4) is 0 Å². The monoisotopic (exact) mass is 339 g/mol. The first-order chi connectivity index (χ1) is 11.8. The summed E-state index contributed by atoms with van der Waals surface area (Å²) in [4.78, 5) is 28.8. The molecule has 7 nitrogen and oxygen atoms in total. The van der Waals surface area contributed by atoms with Gasteiger partial charge in [-0.25, -0.2) is 4.98 Å². The predicted octanol–water partition coefficient (Wildman–Crippen LogP) is 2.07. The van der Waals surface area contributed by atoms with Gasteiger partial charge in [0.2, 0.25) is 5.91 Å². The van der Waals surface area contributed by atoms with Gasteiger partial charge >= 0.3 is 0 Å². The average molecular weight is 339 g/mol. The van der Waals surface area contributed by atoms with Crippen molar-refractivity contribution >= 4 is 22.6 Å². The van der Waals surface area contributed by atoms with Gasteiger partial charge in [-0.15, -0.1) is 0 Å². The van der Waals surface area contributed by atoms with Crippen molar-refractivity contribution < 1.29 is 4.79 Å². The maximum Gasteiger partial charge on any atom is 0.264 e. The number of aryl methyl sites for hydroxylation is 1. The Balaban J connectivity index is 1.75. The number of carbonyl (C=O) groups is 1. The summed E-state index contributed by atoms with van der Waals surface area (Å²) in [5.41, 5.74) is 2.16. The Kier molecular flexibility index (Phi) is 4.16. The Morgan fingerprint density at radius 2 is 1.88 bits per heavy atom. The van der Waals surface area contributed by atoms with Crippen LogP contribution in [0.25, 0.3) is 11.0 Å². The Morgan fingerprint density at radius 1 is 1.20 bits per heavy atom. The van der Waals surface area contributed by atoms with E-state index in [0.717, 1.165) is 0 Å². The number of aromatic nitrogens is 4. The third-order valence-electron chi connectivity index (χ3n) is 4.07. The molecule has 0 aliphatic rings. The molecule has 0 fully saturated rings. The standard InChI is InChI=1S/C18H21N5O2/c1-18(2,3)12-5-7-13(8-6-12)21-15(24)10-23-11-19-16-14(17(23)25)9-20-22(16)4/h5-9,11H,10H2,1-4H3,(H,21,24). The Labute approximate surface area is 145 Å². The molecule has 0 unspecified atom stereocenters. The van der Waals surface area contributed by atoms with Crippen molar-refractivity contribution in [2.75, 3.05) is 5.32 Å². The van der Waals surface area contributed by atoms with Gasteiger partial charge in [-0.05, 0) is 23.1 Å². The highest BCUT2D eigenvalue weighted by molar-refractivity contribution is 5.90. The Morgan fingerprint density at radius 3 is 2.52 bits per heavy atom. The summed E-state index contributed by atoms with van der Waals surface area (Å²) in [6.07, 6.45) is 2.83. The number of amides is 1. The number of hydrogen-bond donors (Lipinski definition) is 1. The third kappa shape index (κ3) is 3.45. The molecule has 0 bridgehead atoms. The smallest absolute Gasteiger partial charge is 0.264 e. The molecule has 130 valence electrons. The zero-order chi connectivity index (χ0) is 18.2. The number of fused-ring (bicyclic) bond motifs is 1. The van der Waals surface area contributed by atoms with Crippen LogP contribution >= 0.6 is 0 Å². The second-order valence-corrected chi connectivity index (χ2v) is 7.06. The molecule has 0 saturated heterocycles. The van der Waals surface area contributed by atoms with E-state index in [2.05, 4.69) is 36.2 Å². The maximum absolute atomic E-state index is 12.4. The van der Waals surface area contributed by atoms with Crippen LogP contribution in [0.3, 0.4) is 0 Å². The van der Waals surface area contributed by atoms with Crippen molar-refractivity contribution in [1.82, 2.24) is 19.3 Å². The fourth-order valence-electron chi connectivity index (χ4n) is 2.59. The lowest BCUT2D eigenvalue weighted by Crippen LogP contribution is -2.27. The fourth-order valence-corrected chi connectivity index (χ4v) is 2.59. The van der Waals surface area contributed by atoms with E-state index < -0.39 is 0 Å². The molecule has 2 aromatic heterocycles. The van der Waals surface area contributed by atoms with Crippen LogP contribution < -0.4 is 10.9 Å². The van der Waals surface area contributed by atoms with Gasteiger partial charge in [0.15, 0.2) is 5.65 Å². The summed E-state index contributed by atoms with van der Waals surface area (Å²) >= 11 is 0. The normalized spacial score (nSPS) is 11.7. The first-order valence-electron chi connectivity index (χ1n) is 8.03. The molecular formula is C18H21N5O2. The summed E-state index contributed by atoms with van der Waals surface area (Å²) in [5, 5.41) is 7.21. The van der Waals surface area contributed by atoms with Crippen LogP contribution in [0.1, 0.15) is 26.3 Å². The first-order valence-corrected chi connectivity index (χ1v) is 8.03. The molecule has 0 saturated carbocycles. The zero-order valence-electron chi connectivity index (χ0n) is 14.8. The van der Waals surface area contributed by atoms with Crippen LogP contribution in [0, 0.1) is 0 Å². The lowest BCUT2D eigenvalue weighted by Gasteiger charge is -2.19. The van der Waals surface area contributed by atoms with Crippen molar-refractivity contribution in [2.45, 2.75) is 32.7 Å². The highest BCUT2D eigenvalue weighted by Crippen LogP contribution is 2.23. The molecule has 1 aromatic carbocycles. The van der Waals surface area contributed by atoms with Crippen LogP contribution in [-0.2, 0) is 23.8 Å². The largest absolute Gasteiger partial charge is 0.325 e. The van der Waals surface area contributed by atoms with Gasteiger partial charge < -0.3 is 5.32 Å². The van der Waals surface area contributed by atoms with Crippen LogP contribution in [0.15, 0.2) is 41.6 Å². The van der Waals surface area contributed by atoms with E-state index >= 15 is 0 Å². The number of carbonyl (C=O) groups excluding carboxylic acids is 1. The molecule has 0 aliphatic carbocycles. The minimum Gasteiger partial charge on any atom is -0.325 e. The lowest BCUT2D eigenvalue weighted by molar-refractivity contribution is -0.116. The molecule has 0 atom stereocenters. The van der Waals surface area contributed by atoms with Crippen molar-refractivity contribution in [2.24, 2.45) is 7.05 Å². The van der Waals surface area contributed by atoms with Gasteiger partial charge in [-0.3, -0.25) is 18.8 Å². The van der Waals surface area contributed by atoms with Gasteiger partial charge in [-0.1, -0.05) is 32.9 Å². The van der Waals surface area contributed by atoms with Crippen molar-refractivity contribution in [1.29, 1.82) is 0 Å². The van der Waals surface area contributed by atoms with E-state index in [1.54, 1.807) is 7.05 Å². The molecule has 0 spiro atoms. The molecule has 0 aliphatic heterocycles. The summed E-state index contributed by atoms with van der Waals surface area (Å²) in [6.45, 7) is 6.30. The molecule has 1 amide bonds.